The van der Waals surface area contributed by atoms with Crippen molar-refractivity contribution in [1.82, 2.24) is 10.5 Å². The summed E-state index contributed by atoms with van der Waals surface area (Å²) in [5, 5.41) is 15.7. The van der Waals surface area contributed by atoms with Gasteiger partial charge in [0.15, 0.2) is 0 Å². The highest BCUT2D eigenvalue weighted by atomic mass is 16.5. The summed E-state index contributed by atoms with van der Waals surface area (Å²) in [6.45, 7) is 1.79. The van der Waals surface area contributed by atoms with Gasteiger partial charge in [-0.05, 0) is 31.6 Å². The Balaban J connectivity index is 1.57. The molecule has 0 aliphatic heterocycles. The van der Waals surface area contributed by atoms with E-state index in [1.54, 1.807) is 6.92 Å². The van der Waals surface area contributed by atoms with Gasteiger partial charge in [-0.25, -0.2) is 0 Å². The van der Waals surface area contributed by atoms with Crippen LogP contribution in [0.4, 0.5) is 0 Å². The number of nitrogens with one attached hydrogen (secondary N) is 1. The van der Waals surface area contributed by atoms with E-state index in [4.69, 9.17) is 9.63 Å². The van der Waals surface area contributed by atoms with Crippen LogP contribution in [0.15, 0.2) is 10.8 Å². The van der Waals surface area contributed by atoms with Crippen molar-refractivity contribution in [3.63, 3.8) is 0 Å². The molecule has 1 aromatic rings. The molecule has 6 heteroatoms. The number of fused-ring (bicyclic) bond motifs is 1. The number of rotatable bonds is 4. The maximum atomic E-state index is 11.9. The van der Waals surface area contributed by atoms with Crippen LogP contribution in [0.25, 0.3) is 0 Å². The van der Waals surface area contributed by atoms with Crippen LogP contribution in [-0.2, 0) is 16.0 Å². The predicted octanol–water partition coefficient (Wildman–Crippen LogP) is 0.751. The monoisotopic (exact) mass is 264 g/mol. The average molecular weight is 264 g/mol. The van der Waals surface area contributed by atoms with Crippen molar-refractivity contribution < 1.29 is 19.2 Å². The number of aliphatic carboxylic acids is 1. The van der Waals surface area contributed by atoms with Gasteiger partial charge in [-0.15, -0.1) is 0 Å². The minimum Gasteiger partial charge on any atom is -0.481 e. The lowest BCUT2D eigenvalue weighted by molar-refractivity contribution is -0.142. The van der Waals surface area contributed by atoms with E-state index in [1.165, 1.54) is 6.26 Å². The number of hydrogen-bond donors (Lipinski definition) is 2. The van der Waals surface area contributed by atoms with Gasteiger partial charge in [0.05, 0.1) is 18.0 Å². The molecule has 1 aromatic heterocycles. The van der Waals surface area contributed by atoms with Crippen LogP contribution in [0.2, 0.25) is 0 Å². The van der Waals surface area contributed by atoms with Gasteiger partial charge < -0.3 is 14.9 Å². The average Bonchev–Trinajstić information content (AvgIpc) is 2.92. The Morgan fingerprint density at radius 1 is 1.47 bits per heavy atom. The molecule has 0 spiro atoms. The van der Waals surface area contributed by atoms with E-state index in [1.807, 2.05) is 0 Å². The smallest absolute Gasteiger partial charge is 0.306 e. The first-order valence-corrected chi connectivity index (χ1v) is 6.48. The fraction of sp³-hybridized carbons (Fsp3) is 0.615. The number of aromatic nitrogens is 1. The van der Waals surface area contributed by atoms with Crippen molar-refractivity contribution in [2.45, 2.75) is 32.2 Å². The Morgan fingerprint density at radius 3 is 2.84 bits per heavy atom. The zero-order valence-corrected chi connectivity index (χ0v) is 10.6. The van der Waals surface area contributed by atoms with Crippen molar-refractivity contribution in [3.05, 3.63) is 17.5 Å². The Hall–Kier alpha value is -1.85. The van der Waals surface area contributed by atoms with Crippen molar-refractivity contribution in [2.24, 2.45) is 17.8 Å². The quantitative estimate of drug-likeness (QED) is 0.837. The third-order valence-corrected chi connectivity index (χ3v) is 4.30. The van der Waals surface area contributed by atoms with Crippen molar-refractivity contribution in [3.8, 4) is 0 Å². The fourth-order valence-corrected chi connectivity index (χ4v) is 3.15. The van der Waals surface area contributed by atoms with Crippen molar-refractivity contribution in [1.29, 1.82) is 0 Å². The third kappa shape index (κ3) is 2.22. The summed E-state index contributed by atoms with van der Waals surface area (Å²) in [7, 11) is 0. The molecule has 4 atom stereocenters. The van der Waals surface area contributed by atoms with Crippen LogP contribution in [0.1, 0.15) is 24.1 Å². The van der Waals surface area contributed by atoms with Gasteiger partial charge in [-0.2, -0.15) is 0 Å². The van der Waals surface area contributed by atoms with E-state index in [0.717, 1.165) is 12.0 Å². The van der Waals surface area contributed by atoms with Gasteiger partial charge >= 0.3 is 5.97 Å². The Bertz CT molecular complexity index is 524. The molecule has 2 aliphatic carbocycles. The second-order valence-corrected chi connectivity index (χ2v) is 5.52. The first kappa shape index (κ1) is 12.2. The molecular weight excluding hydrogens is 248 g/mol. The fourth-order valence-electron chi connectivity index (χ4n) is 3.15. The molecule has 2 saturated carbocycles. The van der Waals surface area contributed by atoms with Gasteiger partial charge in [0.2, 0.25) is 5.91 Å². The number of aryl methyl sites for hydroxylation is 1. The second kappa shape index (κ2) is 4.36. The molecule has 1 heterocycles. The lowest BCUT2D eigenvalue weighted by Gasteiger charge is -2.15. The number of carboxylic acid groups (broad SMARTS) is 1. The number of carbonyl (C=O) groups is 2. The molecule has 19 heavy (non-hydrogen) atoms. The van der Waals surface area contributed by atoms with Crippen LogP contribution >= 0.6 is 0 Å². The van der Waals surface area contributed by atoms with Crippen LogP contribution in [0.3, 0.4) is 0 Å². The summed E-state index contributed by atoms with van der Waals surface area (Å²) >= 11 is 0. The minimum absolute atomic E-state index is 0.0127. The van der Waals surface area contributed by atoms with Crippen molar-refractivity contribution in [2.75, 3.05) is 0 Å². The van der Waals surface area contributed by atoms with Crippen LogP contribution < -0.4 is 5.32 Å². The van der Waals surface area contributed by atoms with Gasteiger partial charge in [0, 0.05) is 11.6 Å². The standard InChI is InChI=1S/C13H16N2O4/c1-6-7(5-19-15-6)2-12(16)14-11-4-10(13(17)18)8-3-9(8)11/h5,8-11H,2-4H2,1H3,(H,14,16)(H,17,18)/t8-,9+,10-,11+/m0/s1. The molecule has 2 N–H and O–H groups in total. The minimum atomic E-state index is -0.737. The highest BCUT2D eigenvalue weighted by Gasteiger charge is 2.57. The zero-order valence-electron chi connectivity index (χ0n) is 10.6. The molecule has 0 radical (unpaired) electrons. The Labute approximate surface area is 110 Å². The number of nitrogens with zero attached hydrogens (tertiary/aromatic N) is 1. The van der Waals surface area contributed by atoms with E-state index < -0.39 is 5.97 Å². The summed E-state index contributed by atoms with van der Waals surface area (Å²) in [5.41, 5.74) is 1.49. The number of hydrogen-bond acceptors (Lipinski definition) is 4. The summed E-state index contributed by atoms with van der Waals surface area (Å²) in [6, 6.07) is 0.0127. The SMILES string of the molecule is Cc1nocc1CC(=O)N[C@@H]1C[C@H](C(=O)O)[C@H]2C[C@H]21. The van der Waals surface area contributed by atoms with Crippen LogP contribution in [0, 0.1) is 24.7 Å². The molecule has 0 bridgehead atoms. The molecule has 1 amide bonds. The topological polar surface area (TPSA) is 92.4 Å². The summed E-state index contributed by atoms with van der Waals surface area (Å²) in [5.74, 6) is -0.492. The number of carbonyl (C=O) groups excluding carboxylic acids is 1. The Kier molecular flexibility index (Phi) is 2.80. The molecule has 0 saturated heterocycles. The van der Waals surface area contributed by atoms with E-state index >= 15 is 0 Å². The van der Waals surface area contributed by atoms with Crippen LogP contribution in [0.5, 0.6) is 0 Å². The second-order valence-electron chi connectivity index (χ2n) is 5.52. The zero-order chi connectivity index (χ0) is 13.6. The van der Waals surface area contributed by atoms with Gasteiger partial charge in [0.25, 0.3) is 0 Å². The summed E-state index contributed by atoms with van der Waals surface area (Å²) in [6.07, 6.45) is 3.19. The number of carboxylic acids is 1. The lowest BCUT2D eigenvalue weighted by atomic mass is 10.0. The molecule has 2 aliphatic rings. The number of amides is 1. The van der Waals surface area contributed by atoms with E-state index in [0.29, 0.717) is 18.0 Å². The molecule has 2 fully saturated rings. The highest BCUT2D eigenvalue weighted by Crippen LogP contribution is 2.55. The van der Waals surface area contributed by atoms with Gasteiger partial charge in [-0.3, -0.25) is 9.59 Å². The van der Waals surface area contributed by atoms with E-state index in [2.05, 4.69) is 10.5 Å². The summed E-state index contributed by atoms with van der Waals surface area (Å²) < 4.78 is 4.79. The molecule has 0 aromatic carbocycles. The lowest BCUT2D eigenvalue weighted by Crippen LogP contribution is -2.37. The van der Waals surface area contributed by atoms with Crippen LogP contribution in [-0.4, -0.2) is 28.2 Å². The van der Waals surface area contributed by atoms with Gasteiger partial charge in [-0.1, -0.05) is 5.16 Å². The first-order chi connectivity index (χ1) is 9.06. The predicted molar refractivity (Wildman–Crippen MR) is 64.2 cm³/mol. The Morgan fingerprint density at radius 2 is 2.26 bits per heavy atom. The third-order valence-electron chi connectivity index (χ3n) is 4.30. The molecule has 0 unspecified atom stereocenters. The maximum absolute atomic E-state index is 11.9. The normalized spacial score (nSPS) is 31.8. The van der Waals surface area contributed by atoms with Crippen molar-refractivity contribution >= 4 is 11.9 Å². The molecule has 6 nitrogen and oxygen atoms in total. The molecular formula is C13H16N2O4. The first-order valence-electron chi connectivity index (χ1n) is 6.48. The maximum Gasteiger partial charge on any atom is 0.306 e. The highest BCUT2D eigenvalue weighted by molar-refractivity contribution is 5.79. The van der Waals surface area contributed by atoms with E-state index in [-0.39, 0.29) is 30.2 Å². The largest absolute Gasteiger partial charge is 0.481 e. The van der Waals surface area contributed by atoms with Gasteiger partial charge in [0.1, 0.15) is 6.26 Å². The molecule has 3 rings (SSSR count). The summed E-state index contributed by atoms with van der Waals surface area (Å²) in [4.78, 5) is 23.0. The molecule has 102 valence electrons. The van der Waals surface area contributed by atoms with E-state index in [9.17, 15) is 9.59 Å².